The Bertz CT molecular complexity index is 311. The number of nitrogens with two attached hydrogens (primary N) is 2. The van der Waals surface area contributed by atoms with Crippen LogP contribution in [0.1, 0.15) is 12.8 Å². The van der Waals surface area contributed by atoms with Gasteiger partial charge in [0.15, 0.2) is 0 Å². The van der Waals surface area contributed by atoms with Crippen LogP contribution in [0.2, 0.25) is 0 Å². The first-order valence-electron chi connectivity index (χ1n) is 4.23. The third-order valence-corrected chi connectivity index (χ3v) is 1.63. The minimum absolute atomic E-state index is 0.0582. The Hall–Kier alpha value is -1.63. The molecule has 1 amide bonds. The summed E-state index contributed by atoms with van der Waals surface area (Å²) in [5.74, 6) is -0.109. The van der Waals surface area contributed by atoms with Gasteiger partial charge >= 0.3 is 6.01 Å². The van der Waals surface area contributed by atoms with E-state index in [0.29, 0.717) is 12.4 Å². The summed E-state index contributed by atoms with van der Waals surface area (Å²) in [7, 11) is 0. The summed E-state index contributed by atoms with van der Waals surface area (Å²) in [4.78, 5) is 12.3. The first-order chi connectivity index (χ1) is 6.67. The van der Waals surface area contributed by atoms with Crippen molar-refractivity contribution in [3.63, 3.8) is 0 Å². The van der Waals surface area contributed by atoms with Gasteiger partial charge in [-0.1, -0.05) is 5.10 Å². The second kappa shape index (κ2) is 4.56. The maximum atomic E-state index is 10.7. The van der Waals surface area contributed by atoms with Gasteiger partial charge < -0.3 is 20.8 Å². The Labute approximate surface area is 81.1 Å². The van der Waals surface area contributed by atoms with Crippen molar-refractivity contribution in [2.75, 3.05) is 18.0 Å². The van der Waals surface area contributed by atoms with Crippen LogP contribution in [0.3, 0.4) is 0 Å². The molecule has 1 rings (SSSR count). The third-order valence-electron chi connectivity index (χ3n) is 1.63. The van der Waals surface area contributed by atoms with Gasteiger partial charge in [0, 0.05) is 6.54 Å². The molecular weight excluding hydrogens is 186 g/mol. The first kappa shape index (κ1) is 10.5. The lowest BCUT2D eigenvalue weighted by Crippen LogP contribution is -2.33. The second-order valence-corrected chi connectivity index (χ2v) is 2.66. The smallest absolute Gasteiger partial charge is 0.318 e. The van der Waals surface area contributed by atoms with Gasteiger partial charge in [0.1, 0.15) is 6.54 Å². The molecule has 14 heavy (non-hydrogen) atoms. The van der Waals surface area contributed by atoms with E-state index in [1.807, 2.05) is 6.92 Å². The topological polar surface area (TPSA) is 111 Å². The molecule has 0 radical (unpaired) electrons. The zero-order valence-corrected chi connectivity index (χ0v) is 7.93. The normalized spacial score (nSPS) is 10.1. The van der Waals surface area contributed by atoms with Crippen molar-refractivity contribution in [2.45, 2.75) is 13.5 Å². The van der Waals surface area contributed by atoms with Gasteiger partial charge in [-0.05, 0) is 6.92 Å². The fourth-order valence-electron chi connectivity index (χ4n) is 0.958. The van der Waals surface area contributed by atoms with E-state index in [0.717, 1.165) is 0 Å². The molecule has 0 spiro atoms. The van der Waals surface area contributed by atoms with Gasteiger partial charge in [-0.25, -0.2) is 0 Å². The molecule has 0 aliphatic heterocycles. The lowest BCUT2D eigenvalue weighted by molar-refractivity contribution is -0.116. The lowest BCUT2D eigenvalue weighted by Gasteiger charge is -2.14. The molecule has 7 heteroatoms. The number of aromatic nitrogens is 2. The molecule has 0 aliphatic rings. The minimum atomic E-state index is -0.445. The molecule has 0 aromatic carbocycles. The number of hydrogen-bond acceptors (Lipinski definition) is 6. The van der Waals surface area contributed by atoms with Crippen LogP contribution < -0.4 is 16.4 Å². The third kappa shape index (κ3) is 2.43. The van der Waals surface area contributed by atoms with E-state index in [1.165, 1.54) is 0 Å². The van der Waals surface area contributed by atoms with E-state index in [1.54, 1.807) is 4.90 Å². The maximum absolute atomic E-state index is 10.7. The van der Waals surface area contributed by atoms with Crippen LogP contribution in [0, 0.1) is 0 Å². The maximum Gasteiger partial charge on any atom is 0.318 e. The van der Waals surface area contributed by atoms with Gasteiger partial charge in [0.25, 0.3) is 0 Å². The summed E-state index contributed by atoms with van der Waals surface area (Å²) in [5.41, 5.74) is 10.4. The number of carbonyl (C=O) groups is 1. The van der Waals surface area contributed by atoms with Crippen molar-refractivity contribution in [2.24, 2.45) is 11.5 Å². The number of rotatable bonds is 5. The van der Waals surface area contributed by atoms with Crippen LogP contribution in [0.4, 0.5) is 6.01 Å². The summed E-state index contributed by atoms with van der Waals surface area (Å²) in [6.45, 7) is 2.66. The highest BCUT2D eigenvalue weighted by Gasteiger charge is 2.13. The Balaban J connectivity index is 2.73. The highest BCUT2D eigenvalue weighted by Crippen LogP contribution is 2.10. The number of likely N-dealkylation sites (N-methyl/N-ethyl adjacent to an activating group) is 1. The van der Waals surface area contributed by atoms with Crippen LogP contribution in [-0.2, 0) is 11.3 Å². The van der Waals surface area contributed by atoms with Crippen molar-refractivity contribution in [3.05, 3.63) is 5.89 Å². The number of hydrogen-bond donors (Lipinski definition) is 2. The first-order valence-corrected chi connectivity index (χ1v) is 4.23. The summed E-state index contributed by atoms with van der Waals surface area (Å²) >= 11 is 0. The van der Waals surface area contributed by atoms with Gasteiger partial charge in [-0.2, -0.15) is 0 Å². The van der Waals surface area contributed by atoms with E-state index in [-0.39, 0.29) is 19.1 Å². The van der Waals surface area contributed by atoms with E-state index in [4.69, 9.17) is 15.9 Å². The Morgan fingerprint density at radius 1 is 1.57 bits per heavy atom. The van der Waals surface area contributed by atoms with Crippen LogP contribution in [-0.4, -0.2) is 29.2 Å². The van der Waals surface area contributed by atoms with E-state index >= 15 is 0 Å². The van der Waals surface area contributed by atoms with Gasteiger partial charge in [-0.15, -0.1) is 5.10 Å². The zero-order valence-electron chi connectivity index (χ0n) is 7.93. The van der Waals surface area contributed by atoms with E-state index in [2.05, 4.69) is 10.2 Å². The number of anilines is 1. The fraction of sp³-hybridized carbons (Fsp3) is 0.571. The van der Waals surface area contributed by atoms with Gasteiger partial charge in [0.05, 0.1) is 6.54 Å². The molecule has 1 heterocycles. The Morgan fingerprint density at radius 2 is 2.29 bits per heavy atom. The fourth-order valence-corrected chi connectivity index (χ4v) is 0.958. The SMILES string of the molecule is CCN(CC(N)=O)c1nnc(CN)o1. The Kier molecular flexibility index (Phi) is 3.41. The molecule has 4 N–H and O–H groups in total. The molecule has 0 atom stereocenters. The molecule has 1 aromatic heterocycles. The number of primary amides is 1. The van der Waals surface area contributed by atoms with E-state index in [9.17, 15) is 4.79 Å². The molecule has 78 valence electrons. The highest BCUT2D eigenvalue weighted by molar-refractivity contribution is 5.78. The lowest BCUT2D eigenvalue weighted by atomic mass is 10.5. The summed E-state index contributed by atoms with van der Waals surface area (Å²) in [5, 5.41) is 7.41. The number of nitrogens with zero attached hydrogens (tertiary/aromatic N) is 3. The standard InChI is InChI=1S/C7H13N5O2/c1-2-12(4-5(9)13)7-11-10-6(3-8)14-7/h2-4,8H2,1H3,(H2,9,13). The molecule has 0 fully saturated rings. The minimum Gasteiger partial charge on any atom is -0.407 e. The van der Waals surface area contributed by atoms with Crippen LogP contribution in [0.25, 0.3) is 0 Å². The molecule has 1 aromatic rings. The van der Waals surface area contributed by atoms with Crippen molar-refractivity contribution in [3.8, 4) is 0 Å². The van der Waals surface area contributed by atoms with Crippen molar-refractivity contribution < 1.29 is 9.21 Å². The van der Waals surface area contributed by atoms with Gasteiger partial charge in [-0.3, -0.25) is 4.79 Å². The molecule has 0 saturated heterocycles. The number of amides is 1. The van der Waals surface area contributed by atoms with Crippen LogP contribution in [0.15, 0.2) is 4.42 Å². The quantitative estimate of drug-likeness (QED) is 0.618. The molecular formula is C7H13N5O2. The predicted molar refractivity (Wildman–Crippen MR) is 49.3 cm³/mol. The van der Waals surface area contributed by atoms with E-state index < -0.39 is 5.91 Å². The van der Waals surface area contributed by atoms with Crippen LogP contribution >= 0.6 is 0 Å². The molecule has 0 saturated carbocycles. The van der Waals surface area contributed by atoms with Gasteiger partial charge in [0.2, 0.25) is 11.8 Å². The van der Waals surface area contributed by atoms with Crippen LogP contribution in [0.5, 0.6) is 0 Å². The second-order valence-electron chi connectivity index (χ2n) is 2.66. The number of carbonyl (C=O) groups excluding carboxylic acids is 1. The predicted octanol–water partition coefficient (Wildman–Crippen LogP) is -1.16. The molecule has 0 aliphatic carbocycles. The average molecular weight is 199 g/mol. The monoisotopic (exact) mass is 199 g/mol. The molecule has 0 bridgehead atoms. The largest absolute Gasteiger partial charge is 0.407 e. The summed E-state index contributed by atoms with van der Waals surface area (Å²) in [6.07, 6.45) is 0. The summed E-state index contributed by atoms with van der Waals surface area (Å²) in [6, 6.07) is 0.270. The zero-order chi connectivity index (χ0) is 10.6. The van der Waals surface area contributed by atoms with Crippen molar-refractivity contribution in [1.29, 1.82) is 0 Å². The average Bonchev–Trinajstić information content (AvgIpc) is 2.62. The highest BCUT2D eigenvalue weighted by atomic mass is 16.4. The van der Waals surface area contributed by atoms with Crippen molar-refractivity contribution >= 4 is 11.9 Å². The molecule has 0 unspecified atom stereocenters. The molecule has 7 nitrogen and oxygen atoms in total. The summed E-state index contributed by atoms with van der Waals surface area (Å²) < 4.78 is 5.16. The Morgan fingerprint density at radius 3 is 2.71 bits per heavy atom. The van der Waals surface area contributed by atoms with Crippen molar-refractivity contribution in [1.82, 2.24) is 10.2 Å².